The molecule has 4 aromatic carbocycles. The minimum Gasteiger partial charge on any atom is -0.481 e. The fourth-order valence-electron chi connectivity index (χ4n) is 4.04. The summed E-state index contributed by atoms with van der Waals surface area (Å²) in [6.45, 7) is 4.72. The molecule has 0 amide bonds. The fraction of sp³-hybridized carbons (Fsp3) is 0.194. The maximum atomic E-state index is 13.6. The Morgan fingerprint density at radius 1 is 0.950 bits per heavy atom. The quantitative estimate of drug-likeness (QED) is 0.177. The van der Waals surface area contributed by atoms with Gasteiger partial charge in [0.25, 0.3) is 0 Å². The third-order valence-corrected chi connectivity index (χ3v) is 7.09. The Hall–Kier alpha value is -3.95. The lowest BCUT2D eigenvalue weighted by atomic mass is 10.1. The second-order valence-corrected chi connectivity index (χ2v) is 10.4. The molecule has 208 valence electrons. The van der Waals surface area contributed by atoms with E-state index in [2.05, 4.69) is 11.4 Å². The highest BCUT2D eigenvalue weighted by Gasteiger charge is 2.31. The second kappa shape index (κ2) is 12.9. The highest BCUT2D eigenvalue weighted by Crippen LogP contribution is 2.36. The van der Waals surface area contributed by atoms with Gasteiger partial charge in [-0.05, 0) is 96.7 Å². The van der Waals surface area contributed by atoms with Crippen LogP contribution in [0.5, 0.6) is 11.5 Å². The normalized spacial score (nSPS) is 11.4. The number of aryl methyl sites for hydroxylation is 1. The van der Waals surface area contributed by atoms with Crippen molar-refractivity contribution in [3.8, 4) is 11.5 Å². The molecule has 0 atom stereocenters. The number of carbonyl (C=O) groups is 1. The Morgan fingerprint density at radius 2 is 1.70 bits per heavy atom. The number of rotatable bonds is 11. The molecule has 0 bridgehead atoms. The number of anilines is 2. The van der Waals surface area contributed by atoms with Gasteiger partial charge in [0.05, 0.1) is 12.0 Å². The Bertz CT molecular complexity index is 1460. The van der Waals surface area contributed by atoms with Crippen LogP contribution in [-0.4, -0.2) is 21.9 Å². The summed E-state index contributed by atoms with van der Waals surface area (Å²) in [4.78, 5) is 12.0. The summed E-state index contributed by atoms with van der Waals surface area (Å²) in [7, 11) is 0. The van der Waals surface area contributed by atoms with Crippen LogP contribution in [0.15, 0.2) is 95.9 Å². The topological polar surface area (TPSA) is 61.8 Å². The molecule has 0 unspecified atom stereocenters. The molecule has 0 spiro atoms. The van der Waals surface area contributed by atoms with Gasteiger partial charge in [-0.1, -0.05) is 31.2 Å². The third-order valence-electron chi connectivity index (χ3n) is 5.96. The van der Waals surface area contributed by atoms with Gasteiger partial charge < -0.3 is 15.2 Å². The molecule has 0 radical (unpaired) electrons. The first-order valence-corrected chi connectivity index (χ1v) is 13.4. The summed E-state index contributed by atoms with van der Waals surface area (Å²) in [6.07, 6.45) is -4.68. The van der Waals surface area contributed by atoms with E-state index in [-0.39, 0.29) is 18.7 Å². The van der Waals surface area contributed by atoms with Crippen LogP contribution in [0.25, 0.3) is 0 Å². The van der Waals surface area contributed by atoms with Gasteiger partial charge in [-0.25, -0.2) is 4.31 Å². The van der Waals surface area contributed by atoms with Gasteiger partial charge in [-0.2, -0.15) is 13.2 Å². The average molecular weight is 567 g/mol. The molecule has 0 aromatic heterocycles. The Kier molecular flexibility index (Phi) is 9.39. The van der Waals surface area contributed by atoms with Crippen LogP contribution >= 0.6 is 11.9 Å². The van der Waals surface area contributed by atoms with Gasteiger partial charge in [0, 0.05) is 34.9 Å². The summed E-state index contributed by atoms with van der Waals surface area (Å²) in [5, 5.41) is 12.4. The van der Waals surface area contributed by atoms with Crippen LogP contribution in [-0.2, 0) is 23.9 Å². The summed E-state index contributed by atoms with van der Waals surface area (Å²) >= 11 is 1.44. The predicted molar refractivity (Wildman–Crippen MR) is 152 cm³/mol. The maximum absolute atomic E-state index is 13.6. The zero-order valence-corrected chi connectivity index (χ0v) is 22.9. The first-order chi connectivity index (χ1) is 19.1. The van der Waals surface area contributed by atoms with E-state index >= 15 is 0 Å². The molecular weight excluding hydrogens is 537 g/mol. The van der Waals surface area contributed by atoms with Crippen LogP contribution in [0.4, 0.5) is 24.5 Å². The van der Waals surface area contributed by atoms with E-state index in [0.717, 1.165) is 34.0 Å². The fourth-order valence-corrected chi connectivity index (χ4v) is 4.92. The Labute approximate surface area is 235 Å². The zero-order valence-electron chi connectivity index (χ0n) is 22.0. The van der Waals surface area contributed by atoms with E-state index in [4.69, 9.17) is 9.84 Å². The molecule has 0 fully saturated rings. The Morgan fingerprint density at radius 3 is 2.38 bits per heavy atom. The van der Waals surface area contributed by atoms with E-state index in [9.17, 15) is 18.0 Å². The van der Waals surface area contributed by atoms with E-state index in [1.807, 2.05) is 60.6 Å². The number of nitrogens with one attached hydrogen (secondary N) is 1. The second-order valence-electron chi connectivity index (χ2n) is 9.21. The van der Waals surface area contributed by atoms with Crippen molar-refractivity contribution in [2.75, 3.05) is 11.9 Å². The largest absolute Gasteiger partial charge is 0.481 e. The minimum absolute atomic E-state index is 0.184. The number of carboxylic acids is 1. The van der Waals surface area contributed by atoms with Gasteiger partial charge in [-0.3, -0.25) is 4.79 Å². The predicted octanol–water partition coefficient (Wildman–Crippen LogP) is 8.71. The van der Waals surface area contributed by atoms with E-state index in [1.54, 1.807) is 24.3 Å². The number of aliphatic carboxylic acids is 1. The van der Waals surface area contributed by atoms with Crippen molar-refractivity contribution >= 4 is 29.3 Å². The van der Waals surface area contributed by atoms with Crippen LogP contribution in [0.2, 0.25) is 0 Å². The van der Waals surface area contributed by atoms with Crippen molar-refractivity contribution in [2.45, 2.75) is 37.9 Å². The van der Waals surface area contributed by atoms with Gasteiger partial charge in [0.15, 0.2) is 0 Å². The summed E-state index contributed by atoms with van der Waals surface area (Å²) in [5.41, 5.74) is 3.21. The molecule has 9 heteroatoms. The molecule has 4 aromatic rings. The summed E-state index contributed by atoms with van der Waals surface area (Å²) in [6, 6.07) is 25.8. The number of hydrogen-bond donors (Lipinski definition) is 2. The average Bonchev–Trinajstić information content (AvgIpc) is 2.89. The monoisotopic (exact) mass is 566 g/mol. The smallest absolute Gasteiger partial charge is 0.416 e. The van der Waals surface area contributed by atoms with Crippen LogP contribution in [0.3, 0.4) is 0 Å². The van der Waals surface area contributed by atoms with Crippen LogP contribution < -0.4 is 10.1 Å². The molecule has 0 aliphatic rings. The SMILES string of the molecule is CCN(Cc1cc(C(F)(F)F)ccc1Oc1cccc(CC(=O)O)c1)Sc1ccc(Nc2cccc(C)c2)cc1. The summed E-state index contributed by atoms with van der Waals surface area (Å²) < 4.78 is 48.6. The maximum Gasteiger partial charge on any atom is 0.416 e. The number of ether oxygens (including phenoxy) is 1. The van der Waals surface area contributed by atoms with Crippen LogP contribution in [0.1, 0.15) is 29.2 Å². The number of alkyl halides is 3. The van der Waals surface area contributed by atoms with Crippen molar-refractivity contribution in [2.24, 2.45) is 0 Å². The standard InChI is InChI=1S/C31H29F3N2O3S/c1-3-36(40-28-13-11-25(12-14-28)35-26-8-4-6-21(2)16-26)20-23-19-24(31(32,33)34)10-15-29(23)39-27-9-5-7-22(17-27)18-30(37)38/h4-17,19,35H,3,18,20H2,1-2H3,(H,37,38). The van der Waals surface area contributed by atoms with Crippen LogP contribution in [0, 0.1) is 6.92 Å². The Balaban J connectivity index is 1.52. The van der Waals surface area contributed by atoms with Gasteiger partial charge in [0.1, 0.15) is 11.5 Å². The van der Waals surface area contributed by atoms with Gasteiger partial charge in [-0.15, -0.1) is 0 Å². The molecule has 2 N–H and O–H groups in total. The number of nitrogens with zero attached hydrogens (tertiary/aromatic N) is 1. The number of halogens is 3. The molecule has 0 aliphatic heterocycles. The van der Waals surface area contributed by atoms with Crippen molar-refractivity contribution in [3.05, 3.63) is 113 Å². The molecule has 4 rings (SSSR count). The molecule has 0 aliphatic carbocycles. The van der Waals surface area contributed by atoms with Crippen molar-refractivity contribution in [1.82, 2.24) is 4.31 Å². The molecule has 40 heavy (non-hydrogen) atoms. The number of carboxylic acid groups (broad SMARTS) is 1. The van der Waals surface area contributed by atoms with E-state index in [0.29, 0.717) is 23.4 Å². The third kappa shape index (κ3) is 8.27. The lowest BCUT2D eigenvalue weighted by molar-refractivity contribution is -0.138. The number of hydrogen-bond acceptors (Lipinski definition) is 5. The van der Waals surface area contributed by atoms with E-state index in [1.165, 1.54) is 18.0 Å². The lowest BCUT2D eigenvalue weighted by Gasteiger charge is -2.22. The molecule has 0 saturated carbocycles. The number of benzene rings is 4. The molecular formula is C31H29F3N2O3S. The first-order valence-electron chi connectivity index (χ1n) is 12.6. The zero-order chi connectivity index (χ0) is 28.7. The summed E-state index contributed by atoms with van der Waals surface area (Å²) in [5.74, 6) is -0.355. The van der Waals surface area contributed by atoms with Crippen molar-refractivity contribution in [1.29, 1.82) is 0 Å². The van der Waals surface area contributed by atoms with E-state index < -0.39 is 17.7 Å². The highest BCUT2D eigenvalue weighted by atomic mass is 32.2. The van der Waals surface area contributed by atoms with Gasteiger partial charge >= 0.3 is 12.1 Å². The lowest BCUT2D eigenvalue weighted by Crippen LogP contribution is -2.16. The van der Waals surface area contributed by atoms with Crippen molar-refractivity contribution < 1.29 is 27.8 Å². The van der Waals surface area contributed by atoms with Gasteiger partial charge in [0.2, 0.25) is 0 Å². The molecule has 0 saturated heterocycles. The van der Waals surface area contributed by atoms with Crippen molar-refractivity contribution in [3.63, 3.8) is 0 Å². The molecule has 0 heterocycles. The highest BCUT2D eigenvalue weighted by molar-refractivity contribution is 7.97. The first kappa shape index (κ1) is 29.0. The minimum atomic E-state index is -4.50. The molecule has 5 nitrogen and oxygen atoms in total.